The minimum Gasteiger partial charge on any atom is -0.486 e. The first-order chi connectivity index (χ1) is 18.3. The van der Waals surface area contributed by atoms with Crippen molar-refractivity contribution in [2.75, 3.05) is 22.8 Å². The van der Waals surface area contributed by atoms with Crippen LogP contribution in [0.3, 0.4) is 0 Å². The standard InChI is InChI=1S/C23H25F4N3O8S2/c1-22(2,3)13-37-21(32)28-15-6-9-19-18(10-15)30(39(33,34)17-7-4-14(24)5-8-17)12-16(38-19)11-20(31)29-40(35,36)23(25,26)27/h4-10,16H,11-13H2,1-3H3,(H,28,32)(H,29,31). The number of benzene rings is 2. The highest BCUT2D eigenvalue weighted by Crippen LogP contribution is 2.39. The van der Waals surface area contributed by atoms with Crippen molar-refractivity contribution in [2.45, 2.75) is 43.7 Å². The zero-order chi connectivity index (χ0) is 30.1. The van der Waals surface area contributed by atoms with Crippen LogP contribution < -0.4 is 19.1 Å². The summed E-state index contributed by atoms with van der Waals surface area (Å²) in [5.74, 6) is -2.46. The molecule has 2 aromatic carbocycles. The molecule has 40 heavy (non-hydrogen) atoms. The summed E-state index contributed by atoms with van der Waals surface area (Å²) in [7, 11) is -10.5. The first-order valence-corrected chi connectivity index (χ1v) is 14.4. The van der Waals surface area contributed by atoms with Gasteiger partial charge in [-0.25, -0.2) is 22.3 Å². The smallest absolute Gasteiger partial charge is 0.486 e. The zero-order valence-corrected chi connectivity index (χ0v) is 22.9. The maximum Gasteiger partial charge on any atom is 0.516 e. The molecule has 11 nitrogen and oxygen atoms in total. The molecule has 1 aliphatic rings. The van der Waals surface area contributed by atoms with Gasteiger partial charge < -0.3 is 9.47 Å². The molecule has 1 heterocycles. The van der Waals surface area contributed by atoms with Gasteiger partial charge in [-0.3, -0.25) is 14.4 Å². The highest BCUT2D eigenvalue weighted by molar-refractivity contribution is 7.92. The van der Waals surface area contributed by atoms with E-state index in [1.165, 1.54) is 18.2 Å². The lowest BCUT2D eigenvalue weighted by Crippen LogP contribution is -2.47. The van der Waals surface area contributed by atoms with Crippen LogP contribution in [0.1, 0.15) is 27.2 Å². The van der Waals surface area contributed by atoms with Crippen molar-refractivity contribution in [3.8, 4) is 5.75 Å². The van der Waals surface area contributed by atoms with Gasteiger partial charge in [0.25, 0.3) is 10.0 Å². The molecule has 0 spiro atoms. The van der Waals surface area contributed by atoms with E-state index in [0.717, 1.165) is 33.3 Å². The van der Waals surface area contributed by atoms with Crippen LogP contribution in [0.5, 0.6) is 5.75 Å². The molecule has 220 valence electrons. The predicted molar refractivity (Wildman–Crippen MR) is 134 cm³/mol. The molecule has 1 unspecified atom stereocenters. The molecular formula is C23H25F4N3O8S2. The molecular weight excluding hydrogens is 586 g/mol. The molecule has 0 saturated carbocycles. The monoisotopic (exact) mass is 611 g/mol. The van der Waals surface area contributed by atoms with Crippen LogP contribution in [0.2, 0.25) is 0 Å². The molecule has 2 aromatic rings. The number of halogens is 4. The lowest BCUT2D eigenvalue weighted by molar-refractivity contribution is -0.121. The van der Waals surface area contributed by atoms with E-state index in [4.69, 9.17) is 9.47 Å². The molecule has 1 aliphatic heterocycles. The minimum absolute atomic E-state index is 0.0752. The number of hydrogen-bond donors (Lipinski definition) is 2. The van der Waals surface area contributed by atoms with Crippen molar-refractivity contribution in [3.05, 3.63) is 48.3 Å². The number of amides is 2. The van der Waals surface area contributed by atoms with Crippen molar-refractivity contribution >= 4 is 43.4 Å². The third kappa shape index (κ3) is 7.53. The Kier molecular flexibility index (Phi) is 8.59. The van der Waals surface area contributed by atoms with Crippen LogP contribution in [-0.4, -0.2) is 53.6 Å². The Labute approximate surface area is 227 Å². The Balaban J connectivity index is 1.93. The number of carbonyl (C=O) groups excluding carboxylic acids is 2. The molecule has 1 atom stereocenters. The van der Waals surface area contributed by atoms with Gasteiger partial charge in [0.2, 0.25) is 5.91 Å². The van der Waals surface area contributed by atoms with Gasteiger partial charge in [0, 0.05) is 5.69 Å². The molecule has 0 aromatic heterocycles. The Morgan fingerprint density at radius 1 is 1.05 bits per heavy atom. The second kappa shape index (κ2) is 11.1. The molecule has 0 bridgehead atoms. The number of rotatable bonds is 7. The fraction of sp³-hybridized carbons (Fsp3) is 0.391. The molecule has 2 amide bonds. The third-order valence-electron chi connectivity index (χ3n) is 5.14. The number of ether oxygens (including phenoxy) is 2. The predicted octanol–water partition coefficient (Wildman–Crippen LogP) is 3.73. The lowest BCUT2D eigenvalue weighted by atomic mass is 9.99. The quantitative estimate of drug-likeness (QED) is 0.450. The van der Waals surface area contributed by atoms with Gasteiger partial charge in [0.1, 0.15) is 17.7 Å². The van der Waals surface area contributed by atoms with Crippen LogP contribution in [-0.2, 0) is 29.6 Å². The minimum atomic E-state index is -6.00. The summed E-state index contributed by atoms with van der Waals surface area (Å²) in [6.07, 6.45) is -3.23. The summed E-state index contributed by atoms with van der Waals surface area (Å²) in [5.41, 5.74) is -6.12. The maximum atomic E-state index is 13.5. The largest absolute Gasteiger partial charge is 0.516 e. The van der Waals surface area contributed by atoms with Gasteiger partial charge in [-0.15, -0.1) is 0 Å². The number of carbonyl (C=O) groups is 2. The number of alkyl halides is 3. The van der Waals surface area contributed by atoms with E-state index >= 15 is 0 Å². The van der Waals surface area contributed by atoms with Crippen LogP contribution in [0.15, 0.2) is 47.4 Å². The third-order valence-corrected chi connectivity index (χ3v) is 8.04. The SMILES string of the molecule is CC(C)(C)COC(=O)Nc1ccc2c(c1)N(S(=O)(=O)c1ccc(F)cc1)CC(CC(=O)NS(=O)(=O)C(F)(F)F)O2. The number of hydrogen-bond acceptors (Lipinski definition) is 8. The number of sulfonamides is 2. The normalized spacial score (nSPS) is 16.0. The summed E-state index contributed by atoms with van der Waals surface area (Å²) in [6.45, 7) is 4.94. The van der Waals surface area contributed by atoms with Crippen LogP contribution in [0.25, 0.3) is 0 Å². The second-order valence-corrected chi connectivity index (χ2v) is 13.4. The van der Waals surface area contributed by atoms with E-state index in [0.29, 0.717) is 0 Å². The first kappa shape index (κ1) is 30.9. The molecule has 0 saturated heterocycles. The molecule has 3 rings (SSSR count). The number of anilines is 2. The van der Waals surface area contributed by atoms with E-state index in [9.17, 15) is 44.0 Å². The van der Waals surface area contributed by atoms with Crippen LogP contribution in [0, 0.1) is 11.2 Å². The van der Waals surface area contributed by atoms with Crippen molar-refractivity contribution in [1.29, 1.82) is 0 Å². The van der Waals surface area contributed by atoms with E-state index in [2.05, 4.69) is 5.32 Å². The van der Waals surface area contributed by atoms with Gasteiger partial charge in [0.15, 0.2) is 0 Å². The van der Waals surface area contributed by atoms with E-state index in [1.54, 1.807) is 0 Å². The van der Waals surface area contributed by atoms with Crippen LogP contribution in [0.4, 0.5) is 33.7 Å². The molecule has 2 N–H and O–H groups in total. The summed E-state index contributed by atoms with van der Waals surface area (Å²) in [5, 5.41) is 2.44. The Morgan fingerprint density at radius 3 is 2.25 bits per heavy atom. The fourth-order valence-corrected chi connectivity index (χ4v) is 5.35. The number of nitrogens with one attached hydrogen (secondary N) is 2. The van der Waals surface area contributed by atoms with Crippen molar-refractivity contribution in [3.63, 3.8) is 0 Å². The van der Waals surface area contributed by atoms with Gasteiger partial charge >= 0.3 is 21.6 Å². The van der Waals surface area contributed by atoms with E-state index < -0.39 is 62.4 Å². The maximum absolute atomic E-state index is 13.5. The zero-order valence-electron chi connectivity index (χ0n) is 21.3. The molecule has 17 heteroatoms. The van der Waals surface area contributed by atoms with E-state index in [1.807, 2.05) is 20.8 Å². The molecule has 0 radical (unpaired) electrons. The lowest BCUT2D eigenvalue weighted by Gasteiger charge is -2.35. The molecule has 0 aliphatic carbocycles. The highest BCUT2D eigenvalue weighted by Gasteiger charge is 2.47. The average Bonchev–Trinajstić information content (AvgIpc) is 2.81. The number of nitrogens with zero attached hydrogens (tertiary/aromatic N) is 1. The van der Waals surface area contributed by atoms with Crippen molar-refractivity contribution in [1.82, 2.24) is 4.72 Å². The van der Waals surface area contributed by atoms with Gasteiger partial charge in [0.05, 0.1) is 30.2 Å². The van der Waals surface area contributed by atoms with Gasteiger partial charge in [-0.1, -0.05) is 20.8 Å². The highest BCUT2D eigenvalue weighted by atomic mass is 32.2. The topological polar surface area (TPSA) is 148 Å². The summed E-state index contributed by atoms with van der Waals surface area (Å²) in [4.78, 5) is 24.0. The second-order valence-electron chi connectivity index (χ2n) is 9.85. The first-order valence-electron chi connectivity index (χ1n) is 11.4. The average molecular weight is 612 g/mol. The van der Waals surface area contributed by atoms with Crippen molar-refractivity contribution < 1.29 is 53.5 Å². The summed E-state index contributed by atoms with van der Waals surface area (Å²) >= 11 is 0. The molecule has 0 fully saturated rings. The Morgan fingerprint density at radius 2 is 1.68 bits per heavy atom. The summed E-state index contributed by atoms with van der Waals surface area (Å²) in [6, 6.07) is 7.51. The Hall–Kier alpha value is -3.60. The fourth-order valence-electron chi connectivity index (χ4n) is 3.35. The van der Waals surface area contributed by atoms with Crippen molar-refractivity contribution in [2.24, 2.45) is 5.41 Å². The van der Waals surface area contributed by atoms with E-state index in [-0.39, 0.29) is 34.0 Å². The Bertz CT molecular complexity index is 1490. The van der Waals surface area contributed by atoms with Gasteiger partial charge in [-0.2, -0.15) is 21.6 Å². The van der Waals surface area contributed by atoms with Gasteiger partial charge in [-0.05, 0) is 47.9 Å². The summed E-state index contributed by atoms with van der Waals surface area (Å²) < 4.78 is 113. The number of fused-ring (bicyclic) bond motifs is 1. The van der Waals surface area contributed by atoms with Crippen LogP contribution >= 0.6 is 0 Å².